The number of aldehydes is 1. The fourth-order valence-electron chi connectivity index (χ4n) is 3.37. The molecule has 2 aromatic heterocycles. The Morgan fingerprint density at radius 3 is 2.37 bits per heavy atom. The standard InChI is InChI=1S/C18H11ClN4O4/c19-13-5-9(6-24)15-14(20-13)16(21-23(15)10-7-27-8-10)22-17(25)11-3-1-2-4-12(11)18(22)26/h1-6,10H,7-8H2. The van der Waals surface area contributed by atoms with E-state index in [9.17, 15) is 14.4 Å². The average Bonchev–Trinajstić information content (AvgIpc) is 3.09. The van der Waals surface area contributed by atoms with Crippen molar-refractivity contribution in [2.24, 2.45) is 0 Å². The second kappa shape index (κ2) is 5.70. The zero-order chi connectivity index (χ0) is 18.7. The smallest absolute Gasteiger partial charge is 0.267 e. The molecule has 0 unspecified atom stereocenters. The van der Waals surface area contributed by atoms with Gasteiger partial charge in [-0.2, -0.15) is 5.10 Å². The van der Waals surface area contributed by atoms with E-state index in [1.807, 2.05) is 0 Å². The molecule has 0 saturated carbocycles. The van der Waals surface area contributed by atoms with E-state index in [2.05, 4.69) is 10.1 Å². The number of anilines is 1. The topological polar surface area (TPSA) is 94.4 Å². The van der Waals surface area contributed by atoms with Crippen LogP contribution < -0.4 is 4.90 Å². The molecule has 1 saturated heterocycles. The molecular formula is C18H11ClN4O4. The van der Waals surface area contributed by atoms with Gasteiger partial charge in [-0.1, -0.05) is 23.7 Å². The van der Waals surface area contributed by atoms with Gasteiger partial charge in [0.1, 0.15) is 16.2 Å². The van der Waals surface area contributed by atoms with Crippen molar-refractivity contribution in [2.45, 2.75) is 6.04 Å². The van der Waals surface area contributed by atoms with Crippen LogP contribution in [0.3, 0.4) is 0 Å². The minimum atomic E-state index is -0.485. The lowest BCUT2D eigenvalue weighted by atomic mass is 10.1. The zero-order valence-electron chi connectivity index (χ0n) is 13.8. The Bertz CT molecular complexity index is 1120. The average molecular weight is 383 g/mol. The number of halogens is 1. The fourth-order valence-corrected chi connectivity index (χ4v) is 3.57. The van der Waals surface area contributed by atoms with Crippen LogP contribution in [0.4, 0.5) is 5.82 Å². The number of hydrogen-bond acceptors (Lipinski definition) is 6. The number of imide groups is 1. The van der Waals surface area contributed by atoms with Gasteiger partial charge >= 0.3 is 0 Å². The van der Waals surface area contributed by atoms with Crippen molar-refractivity contribution in [2.75, 3.05) is 18.1 Å². The maximum absolute atomic E-state index is 12.9. The summed E-state index contributed by atoms with van der Waals surface area (Å²) in [7, 11) is 0. The van der Waals surface area contributed by atoms with E-state index >= 15 is 0 Å². The number of carbonyl (C=O) groups is 3. The van der Waals surface area contributed by atoms with Crippen LogP contribution in [0.1, 0.15) is 37.1 Å². The van der Waals surface area contributed by atoms with Crippen LogP contribution in [0.15, 0.2) is 30.3 Å². The molecule has 3 aromatic rings. The van der Waals surface area contributed by atoms with Gasteiger partial charge < -0.3 is 4.74 Å². The van der Waals surface area contributed by atoms with Crippen molar-refractivity contribution < 1.29 is 19.1 Å². The van der Waals surface area contributed by atoms with Crippen LogP contribution in [0, 0.1) is 0 Å². The molecule has 1 fully saturated rings. The number of hydrogen-bond donors (Lipinski definition) is 0. The lowest BCUT2D eigenvalue weighted by Crippen LogP contribution is -2.33. The Balaban J connectivity index is 1.77. The second-order valence-electron chi connectivity index (χ2n) is 6.30. The Kier molecular flexibility index (Phi) is 3.40. The first-order valence-corrected chi connectivity index (χ1v) is 8.57. The van der Waals surface area contributed by atoms with E-state index in [4.69, 9.17) is 16.3 Å². The van der Waals surface area contributed by atoms with Crippen molar-refractivity contribution in [3.05, 3.63) is 52.2 Å². The predicted molar refractivity (Wildman–Crippen MR) is 95.4 cm³/mol. The number of rotatable bonds is 3. The van der Waals surface area contributed by atoms with Gasteiger partial charge in [-0.15, -0.1) is 0 Å². The van der Waals surface area contributed by atoms with E-state index < -0.39 is 11.8 Å². The van der Waals surface area contributed by atoms with E-state index in [1.54, 1.807) is 28.9 Å². The molecule has 5 rings (SSSR count). The van der Waals surface area contributed by atoms with Gasteiger partial charge in [0.05, 0.1) is 30.4 Å². The number of benzene rings is 1. The van der Waals surface area contributed by atoms with Crippen molar-refractivity contribution in [1.82, 2.24) is 14.8 Å². The van der Waals surface area contributed by atoms with Gasteiger partial charge in [0, 0.05) is 5.56 Å². The summed E-state index contributed by atoms with van der Waals surface area (Å²) in [5.74, 6) is -0.906. The molecule has 9 heteroatoms. The van der Waals surface area contributed by atoms with Crippen molar-refractivity contribution >= 4 is 46.6 Å². The highest BCUT2D eigenvalue weighted by atomic mass is 35.5. The maximum Gasteiger partial charge on any atom is 0.267 e. The van der Waals surface area contributed by atoms with Gasteiger partial charge in [0.15, 0.2) is 12.1 Å². The summed E-state index contributed by atoms with van der Waals surface area (Å²) in [5, 5.41) is 4.54. The first kappa shape index (κ1) is 16.1. The highest BCUT2D eigenvalue weighted by molar-refractivity contribution is 6.36. The summed E-state index contributed by atoms with van der Waals surface area (Å²) in [6.07, 6.45) is 0.653. The molecule has 27 heavy (non-hydrogen) atoms. The second-order valence-corrected chi connectivity index (χ2v) is 6.69. The quantitative estimate of drug-likeness (QED) is 0.392. The summed E-state index contributed by atoms with van der Waals surface area (Å²) in [5.41, 5.74) is 1.54. The Morgan fingerprint density at radius 1 is 1.15 bits per heavy atom. The molecule has 2 aliphatic heterocycles. The Hall–Kier alpha value is -3.10. The number of ether oxygens (including phenoxy) is 1. The normalized spacial score (nSPS) is 16.7. The molecule has 1 aromatic carbocycles. The molecule has 0 N–H and O–H groups in total. The van der Waals surface area contributed by atoms with Gasteiger partial charge in [0.25, 0.3) is 11.8 Å². The molecule has 134 valence electrons. The van der Waals surface area contributed by atoms with Crippen LogP contribution in [0.5, 0.6) is 0 Å². The van der Waals surface area contributed by atoms with Crippen LogP contribution in [0.25, 0.3) is 11.0 Å². The highest BCUT2D eigenvalue weighted by Crippen LogP contribution is 2.36. The predicted octanol–water partition coefficient (Wildman–Crippen LogP) is 2.27. The number of carbonyl (C=O) groups excluding carboxylic acids is 3. The fraction of sp³-hybridized carbons (Fsp3) is 0.167. The number of nitrogens with zero attached hydrogens (tertiary/aromatic N) is 4. The Labute approximate surface area is 157 Å². The number of fused-ring (bicyclic) bond motifs is 2. The Morgan fingerprint density at radius 2 is 1.81 bits per heavy atom. The lowest BCUT2D eigenvalue weighted by Gasteiger charge is -2.27. The summed E-state index contributed by atoms with van der Waals surface area (Å²) >= 11 is 6.06. The van der Waals surface area contributed by atoms with E-state index in [0.717, 1.165) is 4.90 Å². The van der Waals surface area contributed by atoms with Crippen LogP contribution in [0.2, 0.25) is 5.15 Å². The molecule has 0 radical (unpaired) electrons. The van der Waals surface area contributed by atoms with E-state index in [1.165, 1.54) is 6.07 Å². The minimum absolute atomic E-state index is 0.0636. The molecule has 0 aliphatic carbocycles. The molecule has 2 amide bonds. The number of amides is 2. The third kappa shape index (κ3) is 2.17. The van der Waals surface area contributed by atoms with Crippen LogP contribution in [-0.4, -0.2) is 46.1 Å². The maximum atomic E-state index is 12.9. The van der Waals surface area contributed by atoms with Gasteiger partial charge in [-0.25, -0.2) is 9.88 Å². The largest absolute Gasteiger partial charge is 0.377 e. The van der Waals surface area contributed by atoms with E-state index in [0.29, 0.717) is 36.1 Å². The zero-order valence-corrected chi connectivity index (χ0v) is 14.5. The van der Waals surface area contributed by atoms with Crippen LogP contribution >= 0.6 is 11.6 Å². The molecule has 4 heterocycles. The molecular weight excluding hydrogens is 372 g/mol. The number of pyridine rings is 1. The molecule has 8 nitrogen and oxygen atoms in total. The molecule has 0 atom stereocenters. The van der Waals surface area contributed by atoms with Crippen molar-refractivity contribution in [3.63, 3.8) is 0 Å². The first-order chi connectivity index (χ1) is 13.1. The van der Waals surface area contributed by atoms with Gasteiger partial charge in [0.2, 0.25) is 0 Å². The third-order valence-corrected chi connectivity index (χ3v) is 4.93. The summed E-state index contributed by atoms with van der Waals surface area (Å²) in [6.45, 7) is 0.832. The van der Waals surface area contributed by atoms with E-state index in [-0.39, 0.29) is 28.1 Å². The SMILES string of the molecule is O=Cc1cc(Cl)nc2c(N3C(=O)c4ccccc4C3=O)nn(C3COC3)c12. The highest BCUT2D eigenvalue weighted by Gasteiger charge is 2.40. The number of aromatic nitrogens is 3. The summed E-state index contributed by atoms with van der Waals surface area (Å²) < 4.78 is 6.81. The van der Waals surface area contributed by atoms with Crippen molar-refractivity contribution in [3.8, 4) is 0 Å². The van der Waals surface area contributed by atoms with Crippen LogP contribution in [-0.2, 0) is 4.74 Å². The first-order valence-electron chi connectivity index (χ1n) is 8.19. The molecule has 2 aliphatic rings. The molecule has 0 spiro atoms. The van der Waals surface area contributed by atoms with Crippen molar-refractivity contribution in [1.29, 1.82) is 0 Å². The molecule has 0 bridgehead atoms. The summed E-state index contributed by atoms with van der Waals surface area (Å²) in [4.78, 5) is 42.5. The summed E-state index contributed by atoms with van der Waals surface area (Å²) in [6, 6.07) is 7.88. The third-order valence-electron chi connectivity index (χ3n) is 4.73. The lowest BCUT2D eigenvalue weighted by molar-refractivity contribution is -0.0265. The van der Waals surface area contributed by atoms with Gasteiger partial charge in [-0.05, 0) is 18.2 Å². The minimum Gasteiger partial charge on any atom is -0.377 e. The monoisotopic (exact) mass is 382 g/mol. The van der Waals surface area contributed by atoms with Gasteiger partial charge in [-0.3, -0.25) is 19.1 Å².